The molecule has 110 valence electrons. The first-order valence-electron chi connectivity index (χ1n) is 7.28. The van der Waals surface area contributed by atoms with E-state index in [9.17, 15) is 9.59 Å². The minimum Gasteiger partial charge on any atom is -0.481 e. The fraction of sp³-hybridized carbons (Fsp3) is 0.857. The Balaban J connectivity index is 2.35. The van der Waals surface area contributed by atoms with Crippen LogP contribution in [0.15, 0.2) is 0 Å². The molecule has 5 heteroatoms. The minimum atomic E-state index is -0.917. The Bertz CT molecular complexity index is 299. The molecule has 4 N–H and O–H groups in total. The van der Waals surface area contributed by atoms with Gasteiger partial charge < -0.3 is 16.2 Å². The number of amides is 1. The van der Waals surface area contributed by atoms with Crippen molar-refractivity contribution in [1.82, 2.24) is 5.32 Å². The van der Waals surface area contributed by atoms with Crippen molar-refractivity contribution in [2.45, 2.75) is 70.4 Å². The van der Waals surface area contributed by atoms with Gasteiger partial charge in [-0.1, -0.05) is 25.7 Å². The molecule has 1 unspecified atom stereocenters. The molecule has 1 rings (SSSR count). The van der Waals surface area contributed by atoms with E-state index in [2.05, 4.69) is 5.32 Å². The number of carbonyl (C=O) groups is 2. The predicted octanol–water partition coefficient (Wildman–Crippen LogP) is 1.65. The highest BCUT2D eigenvalue weighted by molar-refractivity contribution is 5.82. The molecule has 0 heterocycles. The van der Waals surface area contributed by atoms with Crippen molar-refractivity contribution >= 4 is 11.9 Å². The summed E-state index contributed by atoms with van der Waals surface area (Å²) in [5.41, 5.74) is 5.70. The van der Waals surface area contributed by atoms with Crippen LogP contribution in [-0.2, 0) is 9.59 Å². The summed E-state index contributed by atoms with van der Waals surface area (Å²) in [5.74, 6) is -0.615. The molecule has 0 radical (unpaired) electrons. The van der Waals surface area contributed by atoms with Gasteiger partial charge in [0.1, 0.15) is 0 Å². The van der Waals surface area contributed by atoms with Crippen LogP contribution >= 0.6 is 0 Å². The molecule has 0 saturated heterocycles. The van der Waals surface area contributed by atoms with Crippen LogP contribution in [-0.4, -0.2) is 29.1 Å². The van der Waals surface area contributed by atoms with Crippen LogP contribution in [0, 0.1) is 5.92 Å². The zero-order valence-corrected chi connectivity index (χ0v) is 11.7. The van der Waals surface area contributed by atoms with Gasteiger partial charge >= 0.3 is 5.97 Å². The van der Waals surface area contributed by atoms with E-state index in [-0.39, 0.29) is 24.8 Å². The number of carbonyl (C=O) groups excluding carboxylic acids is 1. The normalized spacial score (nSPS) is 20.3. The van der Waals surface area contributed by atoms with Crippen LogP contribution in [0.2, 0.25) is 0 Å². The van der Waals surface area contributed by atoms with Crippen LogP contribution in [0.1, 0.15) is 58.3 Å². The number of rotatable bonds is 6. The second kappa shape index (κ2) is 8.15. The van der Waals surface area contributed by atoms with Crippen molar-refractivity contribution in [3.63, 3.8) is 0 Å². The van der Waals surface area contributed by atoms with Gasteiger partial charge in [0, 0.05) is 12.5 Å². The SMILES string of the molecule is C[C@H](NC(=O)C(N)CCC(=O)O)C1CCCCCC1. The van der Waals surface area contributed by atoms with Gasteiger partial charge in [-0.2, -0.15) is 0 Å². The molecular weight excluding hydrogens is 244 g/mol. The summed E-state index contributed by atoms with van der Waals surface area (Å²) in [4.78, 5) is 22.3. The third kappa shape index (κ3) is 6.05. The largest absolute Gasteiger partial charge is 0.481 e. The number of hydrogen-bond acceptors (Lipinski definition) is 3. The number of nitrogens with two attached hydrogens (primary N) is 1. The summed E-state index contributed by atoms with van der Waals surface area (Å²) >= 11 is 0. The third-order valence-corrected chi connectivity index (χ3v) is 3.98. The van der Waals surface area contributed by atoms with E-state index in [0.29, 0.717) is 5.92 Å². The average molecular weight is 270 g/mol. The molecule has 1 aliphatic carbocycles. The number of hydrogen-bond donors (Lipinski definition) is 3. The van der Waals surface area contributed by atoms with Gasteiger partial charge in [0.2, 0.25) is 5.91 Å². The Morgan fingerprint density at radius 1 is 1.26 bits per heavy atom. The molecule has 1 aliphatic rings. The molecule has 2 atom stereocenters. The summed E-state index contributed by atoms with van der Waals surface area (Å²) in [6, 6.07) is -0.592. The van der Waals surface area contributed by atoms with Crippen molar-refractivity contribution in [2.75, 3.05) is 0 Å². The number of nitrogens with one attached hydrogen (secondary N) is 1. The summed E-state index contributed by atoms with van der Waals surface area (Å²) in [6.07, 6.45) is 7.49. The van der Waals surface area contributed by atoms with Crippen molar-refractivity contribution in [1.29, 1.82) is 0 Å². The first-order chi connectivity index (χ1) is 9.00. The van der Waals surface area contributed by atoms with E-state index in [1.54, 1.807) is 0 Å². The molecular formula is C14H26N2O3. The Labute approximate surface area is 114 Å². The maximum atomic E-state index is 11.9. The molecule has 1 amide bonds. The van der Waals surface area contributed by atoms with E-state index in [1.165, 1.54) is 25.7 Å². The van der Waals surface area contributed by atoms with E-state index in [0.717, 1.165) is 12.8 Å². The van der Waals surface area contributed by atoms with Crippen molar-refractivity contribution in [3.05, 3.63) is 0 Å². The third-order valence-electron chi connectivity index (χ3n) is 3.98. The molecule has 0 spiro atoms. The van der Waals surface area contributed by atoms with Gasteiger partial charge in [0.15, 0.2) is 0 Å². The monoisotopic (exact) mass is 270 g/mol. The first-order valence-corrected chi connectivity index (χ1v) is 7.28. The molecule has 0 aliphatic heterocycles. The molecule has 1 fully saturated rings. The second-order valence-corrected chi connectivity index (χ2v) is 5.59. The van der Waals surface area contributed by atoms with E-state index >= 15 is 0 Å². The maximum absolute atomic E-state index is 11.9. The van der Waals surface area contributed by atoms with E-state index in [1.807, 2.05) is 6.92 Å². The first kappa shape index (κ1) is 16.0. The molecule has 0 aromatic carbocycles. The lowest BCUT2D eigenvalue weighted by atomic mass is 9.92. The van der Waals surface area contributed by atoms with Crippen molar-refractivity contribution in [3.8, 4) is 0 Å². The Hall–Kier alpha value is -1.10. The summed E-state index contributed by atoms with van der Waals surface area (Å²) in [6.45, 7) is 2.03. The Kier molecular flexibility index (Phi) is 6.84. The zero-order valence-electron chi connectivity index (χ0n) is 11.7. The highest BCUT2D eigenvalue weighted by Gasteiger charge is 2.23. The topological polar surface area (TPSA) is 92.4 Å². The summed E-state index contributed by atoms with van der Waals surface area (Å²) in [5, 5.41) is 11.5. The van der Waals surface area contributed by atoms with Gasteiger partial charge in [0.25, 0.3) is 0 Å². The van der Waals surface area contributed by atoms with Crippen LogP contribution in [0.3, 0.4) is 0 Å². The minimum absolute atomic E-state index is 0.0631. The number of carboxylic acid groups (broad SMARTS) is 1. The summed E-state index contributed by atoms with van der Waals surface area (Å²) < 4.78 is 0. The second-order valence-electron chi connectivity index (χ2n) is 5.59. The lowest BCUT2D eigenvalue weighted by molar-refractivity contribution is -0.137. The highest BCUT2D eigenvalue weighted by Crippen LogP contribution is 2.25. The Morgan fingerprint density at radius 3 is 2.37 bits per heavy atom. The molecule has 1 saturated carbocycles. The van der Waals surface area contributed by atoms with Crippen molar-refractivity contribution < 1.29 is 14.7 Å². The smallest absolute Gasteiger partial charge is 0.303 e. The number of aliphatic carboxylic acids is 1. The van der Waals surface area contributed by atoms with Gasteiger partial charge in [-0.25, -0.2) is 0 Å². The zero-order chi connectivity index (χ0) is 14.3. The van der Waals surface area contributed by atoms with Gasteiger partial charge in [0.05, 0.1) is 6.04 Å². The van der Waals surface area contributed by atoms with E-state index in [4.69, 9.17) is 10.8 Å². The fourth-order valence-electron chi connectivity index (χ4n) is 2.67. The van der Waals surface area contributed by atoms with Crippen LogP contribution < -0.4 is 11.1 Å². The molecule has 0 aromatic rings. The predicted molar refractivity (Wildman–Crippen MR) is 73.6 cm³/mol. The molecule has 0 aromatic heterocycles. The standard InChI is InChI=1S/C14H26N2O3/c1-10(11-6-4-2-3-5-7-11)16-14(19)12(15)8-9-13(17)18/h10-12H,2-9,15H2,1H3,(H,16,19)(H,17,18)/t10-,12?/m0/s1. The maximum Gasteiger partial charge on any atom is 0.303 e. The van der Waals surface area contributed by atoms with Crippen LogP contribution in [0.5, 0.6) is 0 Å². The lowest BCUT2D eigenvalue weighted by Crippen LogP contribution is -2.47. The summed E-state index contributed by atoms with van der Waals surface area (Å²) in [7, 11) is 0. The molecule has 0 bridgehead atoms. The van der Waals surface area contributed by atoms with Gasteiger partial charge in [-0.05, 0) is 32.1 Å². The highest BCUT2D eigenvalue weighted by atomic mass is 16.4. The quantitative estimate of drug-likeness (QED) is 0.640. The van der Waals surface area contributed by atoms with E-state index < -0.39 is 12.0 Å². The van der Waals surface area contributed by atoms with Crippen LogP contribution in [0.4, 0.5) is 0 Å². The van der Waals surface area contributed by atoms with Gasteiger partial charge in [-0.3, -0.25) is 9.59 Å². The Morgan fingerprint density at radius 2 is 1.84 bits per heavy atom. The molecule has 19 heavy (non-hydrogen) atoms. The van der Waals surface area contributed by atoms with Crippen LogP contribution in [0.25, 0.3) is 0 Å². The molecule has 5 nitrogen and oxygen atoms in total. The fourth-order valence-corrected chi connectivity index (χ4v) is 2.67. The van der Waals surface area contributed by atoms with Crippen molar-refractivity contribution in [2.24, 2.45) is 11.7 Å². The average Bonchev–Trinajstić information content (AvgIpc) is 2.64. The lowest BCUT2D eigenvalue weighted by Gasteiger charge is -2.25. The number of carboxylic acids is 1. The van der Waals surface area contributed by atoms with Gasteiger partial charge in [-0.15, -0.1) is 0 Å².